The monoisotopic (exact) mass is 168 g/mol. The van der Waals surface area contributed by atoms with Crippen LogP contribution >= 0.6 is 0 Å². The van der Waals surface area contributed by atoms with Crippen LogP contribution in [0.4, 0.5) is 0 Å². The van der Waals surface area contributed by atoms with Crippen LogP contribution in [0.3, 0.4) is 0 Å². The van der Waals surface area contributed by atoms with Gasteiger partial charge in [-0.05, 0) is 26.7 Å². The van der Waals surface area contributed by atoms with Crippen LogP contribution in [0, 0.1) is 0 Å². The molecule has 0 amide bonds. The third-order valence-corrected chi connectivity index (χ3v) is 1.75. The molecule has 0 aromatic rings. The van der Waals surface area contributed by atoms with Gasteiger partial charge in [0.15, 0.2) is 0 Å². The van der Waals surface area contributed by atoms with E-state index in [9.17, 15) is 0 Å². The Morgan fingerprint density at radius 3 is 2.42 bits per heavy atom. The van der Waals surface area contributed by atoms with Crippen molar-refractivity contribution in [1.82, 2.24) is 5.32 Å². The van der Waals surface area contributed by atoms with Gasteiger partial charge in [-0.15, -0.1) is 0 Å². The van der Waals surface area contributed by atoms with Gasteiger partial charge in [0, 0.05) is 18.3 Å². The standard InChI is InChI=1S/C10H20N2/c1-8(2)10(11)6-5-7-12-9(3)4/h10,12H,1,3,5-7,11H2,2,4H3. The molecule has 2 heteroatoms. The van der Waals surface area contributed by atoms with Gasteiger partial charge in [-0.25, -0.2) is 0 Å². The third-order valence-electron chi connectivity index (χ3n) is 1.75. The van der Waals surface area contributed by atoms with Gasteiger partial charge < -0.3 is 11.1 Å². The van der Waals surface area contributed by atoms with Gasteiger partial charge in [0.05, 0.1) is 0 Å². The second kappa shape index (κ2) is 5.84. The summed E-state index contributed by atoms with van der Waals surface area (Å²) in [5, 5.41) is 3.16. The largest absolute Gasteiger partial charge is 0.389 e. The molecule has 0 bridgehead atoms. The molecule has 0 aromatic carbocycles. The molecule has 0 aliphatic heterocycles. The van der Waals surface area contributed by atoms with Gasteiger partial charge in [0.25, 0.3) is 0 Å². The lowest BCUT2D eigenvalue weighted by Crippen LogP contribution is -2.22. The maximum atomic E-state index is 5.78. The smallest absolute Gasteiger partial charge is 0.0248 e. The number of hydrogen-bond acceptors (Lipinski definition) is 2. The van der Waals surface area contributed by atoms with Crippen LogP contribution in [-0.2, 0) is 0 Å². The fourth-order valence-corrected chi connectivity index (χ4v) is 0.870. The molecule has 0 spiro atoms. The summed E-state index contributed by atoms with van der Waals surface area (Å²) < 4.78 is 0. The molecule has 70 valence electrons. The van der Waals surface area contributed by atoms with E-state index in [1.165, 1.54) is 0 Å². The molecule has 2 nitrogen and oxygen atoms in total. The maximum absolute atomic E-state index is 5.78. The van der Waals surface area contributed by atoms with Crippen molar-refractivity contribution < 1.29 is 0 Å². The highest BCUT2D eigenvalue weighted by Crippen LogP contribution is 2.02. The Balaban J connectivity index is 3.31. The Morgan fingerprint density at radius 1 is 1.42 bits per heavy atom. The molecular formula is C10H20N2. The second-order valence-electron chi connectivity index (χ2n) is 3.30. The summed E-state index contributed by atoms with van der Waals surface area (Å²) in [6.45, 7) is 12.4. The minimum Gasteiger partial charge on any atom is -0.389 e. The van der Waals surface area contributed by atoms with Crippen LogP contribution in [0.25, 0.3) is 0 Å². The lowest BCUT2D eigenvalue weighted by atomic mass is 10.1. The van der Waals surface area contributed by atoms with Crippen LogP contribution in [-0.4, -0.2) is 12.6 Å². The van der Waals surface area contributed by atoms with Gasteiger partial charge in [0.2, 0.25) is 0 Å². The molecular weight excluding hydrogens is 148 g/mol. The maximum Gasteiger partial charge on any atom is 0.0248 e. The molecule has 0 radical (unpaired) electrons. The molecule has 0 aromatic heterocycles. The van der Waals surface area contributed by atoms with E-state index in [-0.39, 0.29) is 6.04 Å². The van der Waals surface area contributed by atoms with E-state index in [1.54, 1.807) is 0 Å². The molecule has 0 saturated carbocycles. The van der Waals surface area contributed by atoms with Gasteiger partial charge in [0.1, 0.15) is 0 Å². The minimum atomic E-state index is 0.150. The number of nitrogens with one attached hydrogen (secondary N) is 1. The van der Waals surface area contributed by atoms with Crippen LogP contribution < -0.4 is 11.1 Å². The van der Waals surface area contributed by atoms with Gasteiger partial charge >= 0.3 is 0 Å². The first-order valence-corrected chi connectivity index (χ1v) is 4.34. The summed E-state index contributed by atoms with van der Waals surface area (Å²) in [6, 6.07) is 0.150. The van der Waals surface area contributed by atoms with E-state index in [0.717, 1.165) is 30.7 Å². The minimum absolute atomic E-state index is 0.150. The molecule has 0 aliphatic rings. The van der Waals surface area contributed by atoms with Crippen LogP contribution in [0.15, 0.2) is 24.4 Å². The average molecular weight is 168 g/mol. The predicted octanol–water partition coefficient (Wildman–Crippen LogP) is 1.79. The summed E-state index contributed by atoms with van der Waals surface area (Å²) in [5.41, 5.74) is 7.86. The van der Waals surface area contributed by atoms with Gasteiger partial charge in [-0.2, -0.15) is 0 Å². The Hall–Kier alpha value is -0.760. The van der Waals surface area contributed by atoms with Gasteiger partial charge in [-0.3, -0.25) is 0 Å². The summed E-state index contributed by atoms with van der Waals surface area (Å²) in [5.74, 6) is 0. The predicted molar refractivity (Wildman–Crippen MR) is 54.8 cm³/mol. The SMILES string of the molecule is C=C(C)NCCCC(N)C(=C)C. The van der Waals surface area contributed by atoms with E-state index in [1.807, 2.05) is 13.8 Å². The molecule has 0 aliphatic carbocycles. The zero-order chi connectivity index (χ0) is 9.56. The molecule has 12 heavy (non-hydrogen) atoms. The molecule has 0 saturated heterocycles. The zero-order valence-electron chi connectivity index (χ0n) is 8.19. The second-order valence-corrected chi connectivity index (χ2v) is 3.30. The topological polar surface area (TPSA) is 38.0 Å². The first-order chi connectivity index (χ1) is 5.54. The van der Waals surface area contributed by atoms with Crippen LogP contribution in [0.1, 0.15) is 26.7 Å². The van der Waals surface area contributed by atoms with Crippen molar-refractivity contribution in [3.8, 4) is 0 Å². The van der Waals surface area contributed by atoms with Gasteiger partial charge in [-0.1, -0.05) is 18.7 Å². The van der Waals surface area contributed by atoms with E-state index in [4.69, 9.17) is 5.73 Å². The number of allylic oxidation sites excluding steroid dienone is 1. The normalized spacial score (nSPS) is 12.2. The van der Waals surface area contributed by atoms with E-state index in [2.05, 4.69) is 18.5 Å². The highest BCUT2D eigenvalue weighted by atomic mass is 14.9. The third kappa shape index (κ3) is 5.98. The van der Waals surface area contributed by atoms with Crippen molar-refractivity contribution in [2.24, 2.45) is 5.73 Å². The lowest BCUT2D eigenvalue weighted by Gasteiger charge is -2.11. The molecule has 1 unspecified atom stereocenters. The van der Waals surface area contributed by atoms with Crippen molar-refractivity contribution in [2.75, 3.05) is 6.54 Å². The Morgan fingerprint density at radius 2 is 2.00 bits per heavy atom. The molecule has 0 rings (SSSR count). The van der Waals surface area contributed by atoms with Crippen molar-refractivity contribution in [3.05, 3.63) is 24.4 Å². The number of nitrogens with two attached hydrogens (primary N) is 1. The summed E-state index contributed by atoms with van der Waals surface area (Å²) in [6.07, 6.45) is 2.07. The van der Waals surface area contributed by atoms with E-state index < -0.39 is 0 Å². The number of rotatable bonds is 6. The Bertz CT molecular complexity index is 161. The first kappa shape index (κ1) is 11.2. The summed E-state index contributed by atoms with van der Waals surface area (Å²) >= 11 is 0. The average Bonchev–Trinajstić information content (AvgIpc) is 1.97. The Kier molecular flexibility index (Phi) is 5.47. The number of hydrogen-bond donors (Lipinski definition) is 2. The summed E-state index contributed by atoms with van der Waals surface area (Å²) in [7, 11) is 0. The van der Waals surface area contributed by atoms with Crippen molar-refractivity contribution >= 4 is 0 Å². The van der Waals surface area contributed by atoms with Crippen molar-refractivity contribution in [2.45, 2.75) is 32.7 Å². The first-order valence-electron chi connectivity index (χ1n) is 4.34. The lowest BCUT2D eigenvalue weighted by molar-refractivity contribution is 0.618. The quantitative estimate of drug-likeness (QED) is 0.469. The van der Waals surface area contributed by atoms with Crippen LogP contribution in [0.5, 0.6) is 0 Å². The van der Waals surface area contributed by atoms with Crippen LogP contribution in [0.2, 0.25) is 0 Å². The molecule has 0 heterocycles. The fourth-order valence-electron chi connectivity index (χ4n) is 0.870. The highest BCUT2D eigenvalue weighted by Gasteiger charge is 2.00. The summed E-state index contributed by atoms with van der Waals surface area (Å²) in [4.78, 5) is 0. The van der Waals surface area contributed by atoms with Crippen molar-refractivity contribution in [1.29, 1.82) is 0 Å². The molecule has 1 atom stereocenters. The van der Waals surface area contributed by atoms with E-state index >= 15 is 0 Å². The van der Waals surface area contributed by atoms with E-state index in [0.29, 0.717) is 0 Å². The zero-order valence-corrected chi connectivity index (χ0v) is 8.19. The highest BCUT2D eigenvalue weighted by molar-refractivity contribution is 4.99. The molecule has 3 N–H and O–H groups in total. The fraction of sp³-hybridized carbons (Fsp3) is 0.600. The Labute approximate surface area is 75.5 Å². The van der Waals surface area contributed by atoms with Crippen molar-refractivity contribution in [3.63, 3.8) is 0 Å². The molecule has 0 fully saturated rings.